The second-order valence-electron chi connectivity index (χ2n) is 5.85. The summed E-state index contributed by atoms with van der Waals surface area (Å²) >= 11 is 7.47. The van der Waals surface area contributed by atoms with Crippen molar-refractivity contribution >= 4 is 29.0 Å². The van der Waals surface area contributed by atoms with E-state index in [0.717, 1.165) is 12.1 Å². The second kappa shape index (κ2) is 5.29. The molecule has 0 fully saturated rings. The number of ether oxygens (including phenoxy) is 1. The number of nitrogens with zero attached hydrogens (tertiary/aromatic N) is 2. The van der Waals surface area contributed by atoms with Crippen LogP contribution in [0.15, 0.2) is 0 Å². The van der Waals surface area contributed by atoms with Crippen LogP contribution in [0.5, 0.6) is 0 Å². The maximum Gasteiger partial charge on any atom is 0.410 e. The van der Waals surface area contributed by atoms with Crippen molar-refractivity contribution in [3.63, 3.8) is 0 Å². The Labute approximate surface area is 122 Å². The number of hydrogen-bond donors (Lipinski definition) is 0. The van der Waals surface area contributed by atoms with Crippen LogP contribution in [0, 0.1) is 0 Å². The highest BCUT2D eigenvalue weighted by atomic mass is 35.5. The molecule has 0 bridgehead atoms. The Bertz CT molecular complexity index is 481. The molecule has 0 aromatic carbocycles. The highest BCUT2D eigenvalue weighted by Gasteiger charge is 2.28. The zero-order valence-corrected chi connectivity index (χ0v) is 13.3. The van der Waals surface area contributed by atoms with E-state index in [1.165, 1.54) is 16.2 Å². The Morgan fingerprint density at radius 1 is 1.53 bits per heavy atom. The van der Waals surface area contributed by atoms with Crippen molar-refractivity contribution in [2.75, 3.05) is 13.1 Å². The monoisotopic (exact) mass is 302 g/mol. The van der Waals surface area contributed by atoms with E-state index >= 15 is 0 Å². The fraction of sp³-hybridized carbons (Fsp3) is 0.692. The minimum atomic E-state index is -0.459. The number of rotatable bonds is 0. The SMILES string of the molecule is CC1CN(C(=O)OC(C)(C)C)CCc2sc(Cl)nc21. The van der Waals surface area contributed by atoms with Crippen LogP contribution in [-0.4, -0.2) is 34.7 Å². The summed E-state index contributed by atoms with van der Waals surface area (Å²) in [5.74, 6) is 0.189. The molecule has 106 valence electrons. The Balaban J connectivity index is 2.09. The van der Waals surface area contributed by atoms with Gasteiger partial charge >= 0.3 is 6.09 Å². The average Bonchev–Trinajstić information content (AvgIpc) is 2.56. The van der Waals surface area contributed by atoms with Gasteiger partial charge in [-0.05, 0) is 20.8 Å². The van der Waals surface area contributed by atoms with Gasteiger partial charge in [-0.15, -0.1) is 11.3 Å². The van der Waals surface area contributed by atoms with Crippen LogP contribution in [0.4, 0.5) is 4.79 Å². The van der Waals surface area contributed by atoms with Gasteiger partial charge < -0.3 is 9.64 Å². The maximum absolute atomic E-state index is 12.1. The molecule has 1 aliphatic heterocycles. The lowest BCUT2D eigenvalue weighted by molar-refractivity contribution is 0.0248. The number of carbonyl (C=O) groups excluding carboxylic acids is 1. The van der Waals surface area contributed by atoms with Crippen molar-refractivity contribution in [3.05, 3.63) is 15.0 Å². The number of fused-ring (bicyclic) bond motifs is 1. The molecule has 1 amide bonds. The van der Waals surface area contributed by atoms with Crippen molar-refractivity contribution in [1.82, 2.24) is 9.88 Å². The van der Waals surface area contributed by atoms with Crippen LogP contribution in [0.3, 0.4) is 0 Å². The molecule has 2 heterocycles. The fourth-order valence-electron chi connectivity index (χ4n) is 2.14. The molecule has 0 aliphatic carbocycles. The molecule has 19 heavy (non-hydrogen) atoms. The number of aromatic nitrogens is 1. The van der Waals surface area contributed by atoms with Gasteiger partial charge in [0.05, 0.1) is 5.69 Å². The summed E-state index contributed by atoms with van der Waals surface area (Å²) in [6, 6.07) is 0. The smallest absolute Gasteiger partial charge is 0.410 e. The number of carbonyl (C=O) groups is 1. The van der Waals surface area contributed by atoms with Crippen molar-refractivity contribution < 1.29 is 9.53 Å². The van der Waals surface area contributed by atoms with Crippen molar-refractivity contribution in [2.24, 2.45) is 0 Å². The Kier molecular flexibility index (Phi) is 4.06. The van der Waals surface area contributed by atoms with Crippen molar-refractivity contribution in [2.45, 2.75) is 45.6 Å². The van der Waals surface area contributed by atoms with Gasteiger partial charge in [0.1, 0.15) is 5.60 Å². The van der Waals surface area contributed by atoms with Crippen LogP contribution in [0.1, 0.15) is 44.2 Å². The number of hydrogen-bond acceptors (Lipinski definition) is 4. The minimum Gasteiger partial charge on any atom is -0.444 e. The zero-order valence-electron chi connectivity index (χ0n) is 11.7. The van der Waals surface area contributed by atoms with E-state index in [9.17, 15) is 4.79 Å². The van der Waals surface area contributed by atoms with Gasteiger partial charge in [-0.2, -0.15) is 0 Å². The molecule has 1 aromatic rings. The molecule has 0 spiro atoms. The lowest BCUT2D eigenvalue weighted by atomic mass is 10.1. The minimum absolute atomic E-state index is 0.189. The third-order valence-electron chi connectivity index (χ3n) is 2.92. The molecule has 2 rings (SSSR count). The first-order valence-corrected chi connectivity index (χ1v) is 7.59. The quantitative estimate of drug-likeness (QED) is 0.734. The van der Waals surface area contributed by atoms with Gasteiger partial charge in [0.25, 0.3) is 0 Å². The first kappa shape index (κ1) is 14.6. The maximum atomic E-state index is 12.1. The third kappa shape index (κ3) is 3.60. The summed E-state index contributed by atoms with van der Waals surface area (Å²) in [7, 11) is 0. The van der Waals surface area contributed by atoms with Gasteiger partial charge in [-0.25, -0.2) is 9.78 Å². The highest BCUT2D eigenvalue weighted by molar-refractivity contribution is 7.15. The normalized spacial score (nSPS) is 19.8. The van der Waals surface area contributed by atoms with Crippen molar-refractivity contribution in [1.29, 1.82) is 0 Å². The topological polar surface area (TPSA) is 42.4 Å². The largest absolute Gasteiger partial charge is 0.444 e. The van der Waals surface area contributed by atoms with Crippen LogP contribution < -0.4 is 0 Å². The van der Waals surface area contributed by atoms with E-state index in [1.54, 1.807) is 4.90 Å². The molecule has 0 saturated heterocycles. The number of thiazole rings is 1. The van der Waals surface area contributed by atoms with E-state index in [-0.39, 0.29) is 12.0 Å². The molecule has 0 saturated carbocycles. The summed E-state index contributed by atoms with van der Waals surface area (Å²) in [6.07, 6.45) is 0.545. The molecule has 1 aromatic heterocycles. The van der Waals surface area contributed by atoms with Gasteiger partial charge in [0.2, 0.25) is 0 Å². The molecule has 0 N–H and O–H groups in total. The van der Waals surface area contributed by atoms with E-state index in [4.69, 9.17) is 16.3 Å². The molecule has 1 unspecified atom stereocenters. The summed E-state index contributed by atoms with van der Waals surface area (Å²) in [6.45, 7) is 8.99. The zero-order chi connectivity index (χ0) is 14.2. The lowest BCUT2D eigenvalue weighted by Gasteiger charge is -2.27. The molecule has 6 heteroatoms. The Morgan fingerprint density at radius 3 is 2.84 bits per heavy atom. The Morgan fingerprint density at radius 2 is 2.21 bits per heavy atom. The highest BCUT2D eigenvalue weighted by Crippen LogP contribution is 2.31. The third-order valence-corrected chi connectivity index (χ3v) is 4.16. The molecule has 0 radical (unpaired) electrons. The van der Waals surface area contributed by atoms with Crippen LogP contribution in [0.2, 0.25) is 4.47 Å². The predicted molar refractivity (Wildman–Crippen MR) is 77.1 cm³/mol. The van der Waals surface area contributed by atoms with Crippen LogP contribution in [-0.2, 0) is 11.2 Å². The number of halogens is 1. The second-order valence-corrected chi connectivity index (χ2v) is 7.52. The van der Waals surface area contributed by atoms with Gasteiger partial charge in [0.15, 0.2) is 4.47 Å². The summed E-state index contributed by atoms with van der Waals surface area (Å²) < 4.78 is 6.01. The lowest BCUT2D eigenvalue weighted by Crippen LogP contribution is -2.38. The van der Waals surface area contributed by atoms with Gasteiger partial charge in [0, 0.05) is 30.3 Å². The molecular weight excluding hydrogens is 284 g/mol. The van der Waals surface area contributed by atoms with Gasteiger partial charge in [-0.1, -0.05) is 18.5 Å². The van der Waals surface area contributed by atoms with Gasteiger partial charge in [-0.3, -0.25) is 0 Å². The fourth-order valence-corrected chi connectivity index (χ4v) is 3.40. The molecule has 1 atom stereocenters. The van der Waals surface area contributed by atoms with E-state index < -0.39 is 5.60 Å². The summed E-state index contributed by atoms with van der Waals surface area (Å²) in [4.78, 5) is 19.4. The first-order valence-electron chi connectivity index (χ1n) is 6.39. The van der Waals surface area contributed by atoms with E-state index in [2.05, 4.69) is 11.9 Å². The average molecular weight is 303 g/mol. The summed E-state index contributed by atoms with van der Waals surface area (Å²) in [5.41, 5.74) is 0.569. The van der Waals surface area contributed by atoms with Crippen LogP contribution >= 0.6 is 22.9 Å². The summed E-state index contributed by atoms with van der Waals surface area (Å²) in [5, 5.41) is 0. The Hall–Kier alpha value is -0.810. The molecule has 1 aliphatic rings. The first-order chi connectivity index (χ1) is 8.76. The molecule has 4 nitrogen and oxygen atoms in total. The number of amides is 1. The standard InChI is InChI=1S/C13H19ClN2O2S/c1-8-7-16(12(17)18-13(2,3)4)6-5-9-10(8)15-11(14)19-9/h8H,5-7H2,1-4H3. The molecular formula is C13H19ClN2O2S. The van der Waals surface area contributed by atoms with Crippen molar-refractivity contribution in [3.8, 4) is 0 Å². The van der Waals surface area contributed by atoms with E-state index in [0.29, 0.717) is 17.6 Å². The van der Waals surface area contributed by atoms with Crippen LogP contribution in [0.25, 0.3) is 0 Å². The van der Waals surface area contributed by atoms with E-state index in [1.807, 2.05) is 20.8 Å². The predicted octanol–water partition coefficient (Wildman–Crippen LogP) is 3.69.